The highest BCUT2D eigenvalue weighted by molar-refractivity contribution is 7.70. The molecule has 48 heavy (non-hydrogen) atoms. The Morgan fingerprint density at radius 2 is 1.79 bits per heavy atom. The van der Waals surface area contributed by atoms with E-state index in [-0.39, 0.29) is 60.2 Å². The van der Waals surface area contributed by atoms with Crippen molar-refractivity contribution in [3.8, 4) is 0 Å². The number of carbonyl (C=O) groups excluding carboxylic acids is 6. The van der Waals surface area contributed by atoms with Crippen LogP contribution in [0.1, 0.15) is 66.8 Å². The molecule has 2 aliphatic rings. The molecule has 4 rings (SSSR count). The van der Waals surface area contributed by atoms with Gasteiger partial charge in [-0.3, -0.25) is 33.3 Å². The molecular formula is C29H36F3N6O9P. The van der Waals surface area contributed by atoms with Gasteiger partial charge in [0.2, 0.25) is 17.7 Å². The lowest BCUT2D eigenvalue weighted by atomic mass is 9.98. The first kappa shape index (κ1) is 36.6. The van der Waals surface area contributed by atoms with Crippen molar-refractivity contribution >= 4 is 53.6 Å². The lowest BCUT2D eigenvalue weighted by Crippen LogP contribution is -2.62. The Labute approximate surface area is 271 Å². The number of nitrogens with one attached hydrogen (secondary N) is 3. The molecule has 0 bridgehead atoms. The van der Waals surface area contributed by atoms with Crippen molar-refractivity contribution in [2.75, 3.05) is 13.1 Å². The zero-order chi connectivity index (χ0) is 35.7. The van der Waals surface area contributed by atoms with Gasteiger partial charge in [-0.2, -0.15) is 13.2 Å². The average molecular weight is 701 g/mol. The number of rotatable bonds is 10. The third-order valence-electron chi connectivity index (χ3n) is 8.54. The van der Waals surface area contributed by atoms with E-state index in [1.54, 1.807) is 0 Å². The zero-order valence-electron chi connectivity index (χ0n) is 26.0. The number of carbonyl (C=O) groups is 6. The smallest absolute Gasteiger partial charge is 0.370 e. The summed E-state index contributed by atoms with van der Waals surface area (Å²) < 4.78 is 51.9. The normalized spacial score (nSPS) is 21.0. The maximum absolute atomic E-state index is 14.0. The predicted molar refractivity (Wildman–Crippen MR) is 162 cm³/mol. The summed E-state index contributed by atoms with van der Waals surface area (Å²) in [5.41, 5.74) is 3.52. The minimum atomic E-state index is -5.26. The molecule has 0 aliphatic carbocycles. The Morgan fingerprint density at radius 1 is 1.10 bits per heavy atom. The minimum Gasteiger partial charge on any atom is -0.370 e. The van der Waals surface area contributed by atoms with Crippen LogP contribution < -0.4 is 16.4 Å². The summed E-state index contributed by atoms with van der Waals surface area (Å²) in [4.78, 5) is 99.4. The van der Waals surface area contributed by atoms with Crippen LogP contribution in [0.2, 0.25) is 0 Å². The van der Waals surface area contributed by atoms with Crippen molar-refractivity contribution in [1.29, 1.82) is 0 Å². The molecular weight excluding hydrogens is 664 g/mol. The number of nitrogens with zero attached hydrogens (tertiary/aromatic N) is 2. The molecule has 7 N–H and O–H groups in total. The number of nitrogens with two attached hydrogens (primary N) is 1. The van der Waals surface area contributed by atoms with Gasteiger partial charge < -0.3 is 40.9 Å². The van der Waals surface area contributed by atoms with Crippen LogP contribution in [0.3, 0.4) is 0 Å². The van der Waals surface area contributed by atoms with E-state index >= 15 is 0 Å². The van der Waals surface area contributed by atoms with Crippen molar-refractivity contribution in [3.63, 3.8) is 0 Å². The first-order valence-corrected chi connectivity index (χ1v) is 16.7. The van der Waals surface area contributed by atoms with Crippen molar-refractivity contribution in [1.82, 2.24) is 25.4 Å². The zero-order valence-corrected chi connectivity index (χ0v) is 26.8. The molecule has 262 valence electrons. The van der Waals surface area contributed by atoms with Crippen molar-refractivity contribution < 1.29 is 56.3 Å². The molecule has 5 amide bonds. The molecule has 0 spiro atoms. The second kappa shape index (κ2) is 14.1. The van der Waals surface area contributed by atoms with E-state index in [4.69, 9.17) is 5.73 Å². The SMILES string of the molecule is CC(C)[C@H](CCC(N)=O)NC(=O)[C@@H]1CC[C@@H]2CCN(C(=O)C(F)(F)F)CC(NC(=O)c3cc4cc(C(=O)P(=O)(O)O)ccc4[nH]3)C(=O)N21. The Bertz CT molecular complexity index is 1670. The molecule has 2 aliphatic heterocycles. The molecule has 2 fully saturated rings. The summed E-state index contributed by atoms with van der Waals surface area (Å²) in [6.45, 7) is 2.38. The molecule has 0 saturated carbocycles. The Hall–Kier alpha value is -4.28. The summed E-state index contributed by atoms with van der Waals surface area (Å²) in [5.74, 6) is -5.26. The van der Waals surface area contributed by atoms with Crippen LogP contribution in [-0.4, -0.2) is 103 Å². The van der Waals surface area contributed by atoms with Gasteiger partial charge in [0, 0.05) is 41.5 Å². The summed E-state index contributed by atoms with van der Waals surface area (Å²) in [6.07, 6.45) is -4.66. The molecule has 4 atom stereocenters. The van der Waals surface area contributed by atoms with E-state index in [1.807, 2.05) is 13.8 Å². The number of hydrogen-bond acceptors (Lipinski definition) is 7. The molecule has 15 nitrogen and oxygen atoms in total. The maximum Gasteiger partial charge on any atom is 0.471 e. The fourth-order valence-electron chi connectivity index (χ4n) is 6.04. The van der Waals surface area contributed by atoms with Crippen LogP contribution in [0, 0.1) is 5.92 Å². The van der Waals surface area contributed by atoms with Crippen LogP contribution in [0.4, 0.5) is 13.2 Å². The van der Waals surface area contributed by atoms with Crippen LogP contribution in [0.5, 0.6) is 0 Å². The van der Waals surface area contributed by atoms with Gasteiger partial charge in [0.15, 0.2) is 0 Å². The average Bonchev–Trinajstić information content (AvgIpc) is 3.61. The topological polar surface area (TPSA) is 232 Å². The monoisotopic (exact) mass is 700 g/mol. The van der Waals surface area contributed by atoms with Gasteiger partial charge in [-0.05, 0) is 55.9 Å². The summed E-state index contributed by atoms with van der Waals surface area (Å²) in [5, 5.41) is 5.41. The van der Waals surface area contributed by atoms with E-state index in [2.05, 4.69) is 15.6 Å². The van der Waals surface area contributed by atoms with E-state index in [1.165, 1.54) is 17.0 Å². The number of fused-ring (bicyclic) bond motifs is 2. The van der Waals surface area contributed by atoms with Crippen molar-refractivity contribution in [2.45, 2.75) is 76.3 Å². The number of benzene rings is 1. The molecule has 1 unspecified atom stereocenters. The van der Waals surface area contributed by atoms with Crippen molar-refractivity contribution in [2.24, 2.45) is 11.7 Å². The quantitative estimate of drug-likeness (QED) is 0.195. The number of aromatic amines is 1. The second-order valence-electron chi connectivity index (χ2n) is 12.3. The number of amides is 5. The van der Waals surface area contributed by atoms with Gasteiger partial charge >= 0.3 is 19.7 Å². The highest BCUT2D eigenvalue weighted by atomic mass is 31.2. The van der Waals surface area contributed by atoms with E-state index in [0.717, 1.165) is 12.1 Å². The van der Waals surface area contributed by atoms with Gasteiger partial charge in [-0.25, -0.2) is 0 Å². The highest BCUT2D eigenvalue weighted by Crippen LogP contribution is 2.39. The number of hydrogen-bond donors (Lipinski definition) is 6. The molecule has 19 heteroatoms. The van der Waals surface area contributed by atoms with Crippen LogP contribution >= 0.6 is 7.60 Å². The van der Waals surface area contributed by atoms with Gasteiger partial charge in [0.05, 0.1) is 6.54 Å². The van der Waals surface area contributed by atoms with E-state index in [9.17, 15) is 56.3 Å². The van der Waals surface area contributed by atoms with Crippen LogP contribution in [0.15, 0.2) is 24.3 Å². The fraction of sp³-hybridized carbons (Fsp3) is 0.517. The molecule has 2 saturated heterocycles. The van der Waals surface area contributed by atoms with Crippen LogP contribution in [-0.2, 0) is 23.7 Å². The van der Waals surface area contributed by atoms with Crippen molar-refractivity contribution in [3.05, 3.63) is 35.5 Å². The number of primary amides is 1. The predicted octanol–water partition coefficient (Wildman–Crippen LogP) is 1.14. The minimum absolute atomic E-state index is 0.00524. The Kier molecular flexibility index (Phi) is 10.7. The number of alkyl halides is 3. The molecule has 1 aromatic heterocycles. The molecule has 0 radical (unpaired) electrons. The lowest BCUT2D eigenvalue weighted by Gasteiger charge is -2.39. The van der Waals surface area contributed by atoms with Gasteiger partial charge in [-0.1, -0.05) is 13.8 Å². The molecule has 3 heterocycles. The van der Waals surface area contributed by atoms with Gasteiger partial charge in [0.25, 0.3) is 11.4 Å². The highest BCUT2D eigenvalue weighted by Gasteiger charge is 2.49. The summed E-state index contributed by atoms with van der Waals surface area (Å²) >= 11 is 0. The Morgan fingerprint density at radius 3 is 2.40 bits per heavy atom. The lowest BCUT2D eigenvalue weighted by molar-refractivity contribution is -0.186. The third-order valence-corrected chi connectivity index (χ3v) is 9.33. The number of aromatic nitrogens is 1. The van der Waals surface area contributed by atoms with Gasteiger partial charge in [-0.15, -0.1) is 0 Å². The van der Waals surface area contributed by atoms with E-state index in [0.29, 0.717) is 4.90 Å². The second-order valence-corrected chi connectivity index (χ2v) is 13.7. The van der Waals surface area contributed by atoms with Crippen LogP contribution in [0.25, 0.3) is 10.9 Å². The first-order chi connectivity index (χ1) is 22.3. The first-order valence-electron chi connectivity index (χ1n) is 15.1. The summed E-state index contributed by atoms with van der Waals surface area (Å²) in [7, 11) is -5.11. The largest absolute Gasteiger partial charge is 0.471 e. The standard InChI is InChI=1S/C29H36F3N6O9P/c1-14(2)18(6-8-23(33)39)35-25(41)22-7-4-17-9-10-37(28(44)29(30,31)32)13-21(26(42)38(17)22)36-24(40)20-12-16-11-15(3-5-19(16)34-20)27(43)48(45,46)47/h3,5,11-12,14,17-18,21-22,34H,4,6-10,13H2,1-2H3,(H2,33,39)(H,35,41)(H,36,40)(H2,45,46,47)/t17-,18+,21?,22+/m1/s1. The maximum atomic E-state index is 14.0. The number of H-pyrrole nitrogens is 1. The third kappa shape index (κ3) is 8.22. The Balaban J connectivity index is 1.62. The number of halogens is 3. The van der Waals surface area contributed by atoms with Gasteiger partial charge in [0.1, 0.15) is 17.8 Å². The fourth-order valence-corrected chi connectivity index (χ4v) is 6.52. The van der Waals surface area contributed by atoms with E-state index < -0.39 is 86.1 Å². The molecule has 1 aromatic carbocycles. The summed E-state index contributed by atoms with van der Waals surface area (Å²) in [6, 6.07) is 0.791. The molecule has 2 aromatic rings.